The van der Waals surface area contributed by atoms with Crippen molar-refractivity contribution in [2.45, 2.75) is 71.4 Å². The number of hydrogen-bond donors (Lipinski definition) is 2. The maximum atomic E-state index is 12.7. The van der Waals surface area contributed by atoms with Crippen molar-refractivity contribution in [3.05, 3.63) is 23.5 Å². The van der Waals surface area contributed by atoms with Gasteiger partial charge in [-0.1, -0.05) is 25.7 Å². The quantitative estimate of drug-likeness (QED) is 0.614. The third kappa shape index (κ3) is 4.41. The normalized spacial score (nSPS) is 16.2. The van der Waals surface area contributed by atoms with Crippen LogP contribution in [0.15, 0.2) is 12.3 Å². The van der Waals surface area contributed by atoms with E-state index in [0.29, 0.717) is 18.2 Å². The Labute approximate surface area is 155 Å². The first-order chi connectivity index (χ1) is 12.6. The molecule has 0 aliphatic heterocycles. The van der Waals surface area contributed by atoms with Gasteiger partial charge < -0.3 is 10.6 Å². The number of aryl methyl sites for hydroxylation is 1. The Morgan fingerprint density at radius 3 is 2.65 bits per heavy atom. The topological polar surface area (TPSA) is 71.8 Å². The highest BCUT2D eigenvalue weighted by Gasteiger charge is 2.17. The highest BCUT2D eigenvalue weighted by Crippen LogP contribution is 2.21. The van der Waals surface area contributed by atoms with E-state index in [1.807, 2.05) is 17.7 Å². The van der Waals surface area contributed by atoms with Crippen molar-refractivity contribution in [1.29, 1.82) is 0 Å². The predicted octanol–water partition coefficient (Wildman–Crippen LogP) is 3.36. The lowest BCUT2D eigenvalue weighted by atomic mass is 10.1. The number of aromatic nitrogens is 3. The summed E-state index contributed by atoms with van der Waals surface area (Å²) in [6, 6.07) is 2.66. The van der Waals surface area contributed by atoms with Gasteiger partial charge in [0.15, 0.2) is 5.65 Å². The summed E-state index contributed by atoms with van der Waals surface area (Å²) in [6.45, 7) is 7.50. The van der Waals surface area contributed by atoms with Crippen LogP contribution in [0.25, 0.3) is 11.0 Å². The molecule has 0 unspecified atom stereocenters. The average molecular weight is 358 g/mol. The van der Waals surface area contributed by atoms with E-state index in [1.54, 1.807) is 6.20 Å². The number of nitrogens with zero attached hydrogens (tertiary/aromatic N) is 3. The Kier molecular flexibility index (Phi) is 6.25. The summed E-state index contributed by atoms with van der Waals surface area (Å²) < 4.78 is 1.87. The van der Waals surface area contributed by atoms with Gasteiger partial charge in [-0.25, -0.2) is 9.67 Å². The molecule has 1 fully saturated rings. The summed E-state index contributed by atoms with van der Waals surface area (Å²) in [4.78, 5) is 17.3. The van der Waals surface area contributed by atoms with E-state index in [-0.39, 0.29) is 11.9 Å². The van der Waals surface area contributed by atoms with Crippen molar-refractivity contribution >= 4 is 16.9 Å². The van der Waals surface area contributed by atoms with Crippen molar-refractivity contribution in [1.82, 2.24) is 25.4 Å². The Morgan fingerprint density at radius 1 is 1.23 bits per heavy atom. The number of carbonyl (C=O) groups is 1. The molecule has 2 heterocycles. The zero-order valence-electron chi connectivity index (χ0n) is 16.2. The third-order valence-corrected chi connectivity index (χ3v) is 5.13. The number of fused-ring (bicyclic) bond motifs is 1. The molecule has 2 aromatic rings. The van der Waals surface area contributed by atoms with Gasteiger partial charge in [0.1, 0.15) is 0 Å². The number of pyridine rings is 1. The first kappa shape index (κ1) is 18.8. The lowest BCUT2D eigenvalue weighted by Gasteiger charge is -2.16. The van der Waals surface area contributed by atoms with Crippen LogP contribution in [-0.2, 0) is 0 Å². The molecule has 2 N–H and O–H groups in total. The third-order valence-electron chi connectivity index (χ3n) is 5.13. The molecule has 6 nitrogen and oxygen atoms in total. The Morgan fingerprint density at radius 2 is 1.96 bits per heavy atom. The molecule has 0 atom stereocenters. The molecule has 1 aliphatic rings. The molecule has 0 saturated heterocycles. The van der Waals surface area contributed by atoms with Gasteiger partial charge in [0, 0.05) is 30.9 Å². The van der Waals surface area contributed by atoms with Crippen molar-refractivity contribution in [2.24, 2.45) is 0 Å². The highest BCUT2D eigenvalue weighted by atomic mass is 16.1. The first-order valence-corrected chi connectivity index (χ1v) is 9.92. The van der Waals surface area contributed by atoms with Crippen molar-refractivity contribution in [3.8, 4) is 0 Å². The summed E-state index contributed by atoms with van der Waals surface area (Å²) in [7, 11) is 0. The van der Waals surface area contributed by atoms with Crippen LogP contribution in [0.4, 0.5) is 0 Å². The number of hydrogen-bond acceptors (Lipinski definition) is 4. The fourth-order valence-corrected chi connectivity index (χ4v) is 3.74. The molecule has 1 amide bonds. The van der Waals surface area contributed by atoms with Crippen LogP contribution in [0.5, 0.6) is 0 Å². The van der Waals surface area contributed by atoms with Crippen LogP contribution in [-0.4, -0.2) is 39.8 Å². The van der Waals surface area contributed by atoms with Gasteiger partial charge in [0.05, 0.1) is 17.1 Å². The second-order valence-electron chi connectivity index (χ2n) is 7.63. The summed E-state index contributed by atoms with van der Waals surface area (Å²) in [6.07, 6.45) is 9.61. The minimum Gasteiger partial charge on any atom is -0.351 e. The van der Waals surface area contributed by atoms with E-state index >= 15 is 0 Å². The van der Waals surface area contributed by atoms with E-state index in [4.69, 9.17) is 0 Å². The molecular formula is C20H31N5O. The molecule has 0 spiro atoms. The molecule has 2 aromatic heterocycles. The Bertz CT molecular complexity index is 744. The van der Waals surface area contributed by atoms with Gasteiger partial charge in [-0.2, -0.15) is 5.10 Å². The summed E-state index contributed by atoms with van der Waals surface area (Å²) in [5.41, 5.74) is 2.28. The van der Waals surface area contributed by atoms with Gasteiger partial charge in [0.25, 0.3) is 5.91 Å². The van der Waals surface area contributed by atoms with Crippen LogP contribution in [0.2, 0.25) is 0 Å². The van der Waals surface area contributed by atoms with E-state index < -0.39 is 0 Å². The molecule has 1 aliphatic carbocycles. The molecule has 6 heteroatoms. The summed E-state index contributed by atoms with van der Waals surface area (Å²) in [5.74, 6) is -0.0496. The van der Waals surface area contributed by atoms with Gasteiger partial charge in [-0.3, -0.25) is 4.79 Å². The van der Waals surface area contributed by atoms with E-state index in [2.05, 4.69) is 34.6 Å². The second kappa shape index (κ2) is 8.62. The largest absolute Gasteiger partial charge is 0.351 e. The highest BCUT2D eigenvalue weighted by molar-refractivity contribution is 6.05. The number of carbonyl (C=O) groups excluding carboxylic acids is 1. The van der Waals surface area contributed by atoms with Gasteiger partial charge in [-0.15, -0.1) is 0 Å². The maximum Gasteiger partial charge on any atom is 0.252 e. The molecule has 0 radical (unpaired) electrons. The second-order valence-corrected chi connectivity index (χ2v) is 7.63. The molecule has 0 aromatic carbocycles. The Hall–Kier alpha value is -1.95. The maximum absolute atomic E-state index is 12.7. The van der Waals surface area contributed by atoms with Crippen molar-refractivity contribution < 1.29 is 4.79 Å². The fourth-order valence-electron chi connectivity index (χ4n) is 3.74. The minimum atomic E-state index is -0.0496. The van der Waals surface area contributed by atoms with E-state index in [9.17, 15) is 4.79 Å². The predicted molar refractivity (Wildman–Crippen MR) is 104 cm³/mol. The van der Waals surface area contributed by atoms with E-state index in [1.165, 1.54) is 38.5 Å². The average Bonchev–Trinajstić information content (AvgIpc) is 2.86. The number of nitrogens with one attached hydrogen (secondary N) is 2. The first-order valence-electron chi connectivity index (χ1n) is 9.92. The summed E-state index contributed by atoms with van der Waals surface area (Å²) in [5, 5.41) is 11.9. The van der Waals surface area contributed by atoms with Crippen LogP contribution < -0.4 is 10.6 Å². The fraction of sp³-hybridized carbons (Fsp3) is 0.650. The zero-order chi connectivity index (χ0) is 18.5. The monoisotopic (exact) mass is 357 g/mol. The van der Waals surface area contributed by atoms with Gasteiger partial charge in [0.2, 0.25) is 0 Å². The molecule has 3 rings (SSSR count). The zero-order valence-corrected chi connectivity index (χ0v) is 16.2. The van der Waals surface area contributed by atoms with Gasteiger partial charge >= 0.3 is 0 Å². The smallest absolute Gasteiger partial charge is 0.252 e. The molecule has 1 saturated carbocycles. The van der Waals surface area contributed by atoms with Crippen LogP contribution in [0.1, 0.15) is 74.5 Å². The number of rotatable bonds is 6. The lowest BCUT2D eigenvalue weighted by molar-refractivity contribution is 0.0955. The molecular weight excluding hydrogens is 326 g/mol. The number of amides is 1. The standard InChI is InChI=1S/C20H31N5O/c1-14(2)25-19-18(13-23-25)17(12-15(3)24-19)20(26)22-11-10-21-16-8-6-4-5-7-9-16/h12-14,16,21H,4-11H2,1-3H3,(H,22,26). The molecule has 26 heavy (non-hydrogen) atoms. The molecule has 0 bridgehead atoms. The van der Waals surface area contributed by atoms with Crippen LogP contribution >= 0.6 is 0 Å². The van der Waals surface area contributed by atoms with E-state index in [0.717, 1.165) is 23.3 Å². The van der Waals surface area contributed by atoms with Crippen molar-refractivity contribution in [3.63, 3.8) is 0 Å². The minimum absolute atomic E-state index is 0.0496. The molecule has 142 valence electrons. The van der Waals surface area contributed by atoms with Crippen LogP contribution in [0, 0.1) is 6.92 Å². The van der Waals surface area contributed by atoms with Crippen molar-refractivity contribution in [2.75, 3.05) is 13.1 Å². The summed E-state index contributed by atoms with van der Waals surface area (Å²) >= 11 is 0. The van der Waals surface area contributed by atoms with Gasteiger partial charge in [-0.05, 0) is 39.7 Å². The lowest BCUT2D eigenvalue weighted by Crippen LogP contribution is -2.37. The SMILES string of the molecule is Cc1cc(C(=O)NCCNC2CCCCCC2)c2cnn(C(C)C)c2n1. The Balaban J connectivity index is 1.61. The van der Waals surface area contributed by atoms with Crippen LogP contribution in [0.3, 0.4) is 0 Å².